The zero-order chi connectivity index (χ0) is 13.9. The van der Waals surface area contributed by atoms with Gasteiger partial charge in [0.25, 0.3) is 0 Å². The zero-order valence-corrected chi connectivity index (χ0v) is 12.0. The van der Waals surface area contributed by atoms with Gasteiger partial charge in [0, 0.05) is 30.4 Å². The fourth-order valence-corrected chi connectivity index (χ4v) is 3.16. The van der Waals surface area contributed by atoms with Crippen molar-refractivity contribution in [3.05, 3.63) is 42.2 Å². The second-order valence-corrected chi connectivity index (χ2v) is 5.71. The van der Waals surface area contributed by atoms with E-state index in [-0.39, 0.29) is 6.04 Å². The highest BCUT2D eigenvalue weighted by Crippen LogP contribution is 2.37. The molecule has 1 atom stereocenters. The minimum Gasteiger partial charge on any atom is -0.378 e. The molecule has 1 aliphatic carbocycles. The first kappa shape index (κ1) is 13.5. The van der Waals surface area contributed by atoms with Crippen LogP contribution in [0.25, 0.3) is 10.8 Å². The molecule has 0 aliphatic heterocycles. The van der Waals surface area contributed by atoms with E-state index in [1.807, 2.05) is 18.5 Å². The van der Waals surface area contributed by atoms with Crippen LogP contribution < -0.4 is 5.73 Å². The summed E-state index contributed by atoms with van der Waals surface area (Å²) in [5.74, 6) is 0.695. The van der Waals surface area contributed by atoms with Crippen LogP contribution in [0.4, 0.5) is 0 Å². The minimum absolute atomic E-state index is 0.0705. The number of fused-ring (bicyclic) bond motifs is 1. The van der Waals surface area contributed by atoms with E-state index >= 15 is 0 Å². The van der Waals surface area contributed by atoms with Gasteiger partial charge in [-0.15, -0.1) is 0 Å². The molecule has 3 rings (SSSR count). The molecule has 1 saturated carbocycles. The molecule has 20 heavy (non-hydrogen) atoms. The minimum atomic E-state index is 0.0705. The van der Waals surface area contributed by atoms with Crippen molar-refractivity contribution in [3.63, 3.8) is 0 Å². The molecular weight excluding hydrogens is 248 g/mol. The van der Waals surface area contributed by atoms with Gasteiger partial charge in [-0.3, -0.25) is 4.98 Å². The van der Waals surface area contributed by atoms with Gasteiger partial charge in [0.1, 0.15) is 0 Å². The standard InChI is InChI=1S/C17H22N2O/c1-2-20-14-7-12(8-14)9-17(18)16-11-19-10-13-5-3-4-6-15(13)16/h3-6,10-12,14,17H,2,7-9,18H2,1H3. The Labute approximate surface area is 120 Å². The van der Waals surface area contributed by atoms with Crippen molar-refractivity contribution >= 4 is 10.8 Å². The van der Waals surface area contributed by atoms with E-state index in [2.05, 4.69) is 30.1 Å². The molecule has 1 unspecified atom stereocenters. The molecule has 3 nitrogen and oxygen atoms in total. The predicted molar refractivity (Wildman–Crippen MR) is 81.4 cm³/mol. The number of nitrogens with zero attached hydrogens (tertiary/aromatic N) is 1. The molecule has 1 fully saturated rings. The molecule has 2 N–H and O–H groups in total. The third-order valence-corrected chi connectivity index (χ3v) is 4.28. The maximum absolute atomic E-state index is 6.41. The van der Waals surface area contributed by atoms with Crippen molar-refractivity contribution in [1.82, 2.24) is 4.98 Å². The van der Waals surface area contributed by atoms with E-state index in [4.69, 9.17) is 10.5 Å². The lowest BCUT2D eigenvalue weighted by atomic mass is 9.77. The van der Waals surface area contributed by atoms with Gasteiger partial charge in [0.15, 0.2) is 0 Å². The molecule has 1 aromatic heterocycles. The van der Waals surface area contributed by atoms with Crippen molar-refractivity contribution < 1.29 is 4.74 Å². The molecule has 1 aliphatic rings. The van der Waals surface area contributed by atoms with Gasteiger partial charge in [-0.1, -0.05) is 24.3 Å². The van der Waals surface area contributed by atoms with E-state index in [9.17, 15) is 0 Å². The quantitative estimate of drug-likeness (QED) is 0.905. The van der Waals surface area contributed by atoms with Crippen LogP contribution in [0, 0.1) is 5.92 Å². The summed E-state index contributed by atoms with van der Waals surface area (Å²) < 4.78 is 5.61. The third kappa shape index (κ3) is 2.69. The Morgan fingerprint density at radius 1 is 1.30 bits per heavy atom. The smallest absolute Gasteiger partial charge is 0.0580 e. The van der Waals surface area contributed by atoms with E-state index in [1.54, 1.807) is 0 Å². The average Bonchev–Trinajstić information content (AvgIpc) is 2.44. The molecular formula is C17H22N2O. The Bertz CT molecular complexity index is 573. The summed E-state index contributed by atoms with van der Waals surface area (Å²) in [7, 11) is 0. The molecule has 0 spiro atoms. The number of hydrogen-bond acceptors (Lipinski definition) is 3. The monoisotopic (exact) mass is 270 g/mol. The molecule has 1 aromatic carbocycles. The third-order valence-electron chi connectivity index (χ3n) is 4.28. The molecule has 2 aromatic rings. The molecule has 106 valence electrons. The highest BCUT2D eigenvalue weighted by molar-refractivity contribution is 5.85. The van der Waals surface area contributed by atoms with E-state index in [1.165, 1.54) is 16.3 Å². The summed E-state index contributed by atoms with van der Waals surface area (Å²) in [6, 6.07) is 8.40. The van der Waals surface area contributed by atoms with E-state index in [0.717, 1.165) is 25.9 Å². The summed E-state index contributed by atoms with van der Waals surface area (Å²) in [6.07, 6.45) is 7.62. The first-order valence-corrected chi connectivity index (χ1v) is 7.47. The molecule has 0 saturated heterocycles. The number of ether oxygens (including phenoxy) is 1. The summed E-state index contributed by atoms with van der Waals surface area (Å²) in [5, 5.41) is 2.40. The largest absolute Gasteiger partial charge is 0.378 e. The van der Waals surface area contributed by atoms with Crippen LogP contribution in [0.2, 0.25) is 0 Å². The van der Waals surface area contributed by atoms with Crippen molar-refractivity contribution in [3.8, 4) is 0 Å². The van der Waals surface area contributed by atoms with E-state index < -0.39 is 0 Å². The van der Waals surface area contributed by atoms with Crippen LogP contribution in [0.15, 0.2) is 36.7 Å². The molecule has 1 heterocycles. The lowest BCUT2D eigenvalue weighted by Crippen LogP contribution is -2.33. The number of rotatable bonds is 5. The number of nitrogens with two attached hydrogens (primary N) is 1. The van der Waals surface area contributed by atoms with Gasteiger partial charge >= 0.3 is 0 Å². The Balaban J connectivity index is 1.69. The number of benzene rings is 1. The Morgan fingerprint density at radius 3 is 2.90 bits per heavy atom. The number of pyridine rings is 1. The normalized spacial score (nSPS) is 23.5. The second kappa shape index (κ2) is 5.90. The zero-order valence-electron chi connectivity index (χ0n) is 12.0. The van der Waals surface area contributed by atoms with Crippen LogP contribution >= 0.6 is 0 Å². The predicted octanol–water partition coefficient (Wildman–Crippen LogP) is 3.44. The van der Waals surface area contributed by atoms with Crippen molar-refractivity contribution in [2.75, 3.05) is 6.61 Å². The average molecular weight is 270 g/mol. The Hall–Kier alpha value is -1.45. The Morgan fingerprint density at radius 2 is 2.10 bits per heavy atom. The van der Waals surface area contributed by atoms with Crippen LogP contribution in [0.5, 0.6) is 0 Å². The number of aromatic nitrogens is 1. The van der Waals surface area contributed by atoms with Gasteiger partial charge < -0.3 is 10.5 Å². The fraction of sp³-hybridized carbons (Fsp3) is 0.471. The highest BCUT2D eigenvalue weighted by atomic mass is 16.5. The summed E-state index contributed by atoms with van der Waals surface area (Å²) in [6.45, 7) is 2.87. The van der Waals surface area contributed by atoms with Crippen LogP contribution in [-0.4, -0.2) is 17.7 Å². The summed E-state index contributed by atoms with van der Waals surface area (Å²) >= 11 is 0. The molecule has 3 heteroatoms. The van der Waals surface area contributed by atoms with Gasteiger partial charge in [-0.25, -0.2) is 0 Å². The first-order chi connectivity index (χ1) is 9.78. The van der Waals surface area contributed by atoms with Crippen molar-refractivity contribution in [2.24, 2.45) is 11.7 Å². The van der Waals surface area contributed by atoms with Gasteiger partial charge in [0.2, 0.25) is 0 Å². The summed E-state index contributed by atoms with van der Waals surface area (Å²) in [4.78, 5) is 4.32. The summed E-state index contributed by atoms with van der Waals surface area (Å²) in [5.41, 5.74) is 7.58. The van der Waals surface area contributed by atoms with Crippen molar-refractivity contribution in [2.45, 2.75) is 38.3 Å². The van der Waals surface area contributed by atoms with Crippen LogP contribution in [0.1, 0.15) is 37.8 Å². The fourth-order valence-electron chi connectivity index (χ4n) is 3.16. The van der Waals surface area contributed by atoms with Crippen LogP contribution in [0.3, 0.4) is 0 Å². The maximum atomic E-state index is 6.41. The van der Waals surface area contributed by atoms with Crippen LogP contribution in [-0.2, 0) is 4.74 Å². The lowest BCUT2D eigenvalue weighted by Gasteiger charge is -2.36. The van der Waals surface area contributed by atoms with Gasteiger partial charge in [0.05, 0.1) is 6.10 Å². The molecule has 0 radical (unpaired) electrons. The maximum Gasteiger partial charge on any atom is 0.0580 e. The lowest BCUT2D eigenvalue weighted by molar-refractivity contribution is -0.0281. The Kier molecular flexibility index (Phi) is 3.99. The highest BCUT2D eigenvalue weighted by Gasteiger charge is 2.31. The molecule has 0 bridgehead atoms. The molecule has 0 amide bonds. The SMILES string of the molecule is CCOC1CC(CC(N)c2cncc3ccccc23)C1. The van der Waals surface area contributed by atoms with E-state index in [0.29, 0.717) is 12.0 Å². The van der Waals surface area contributed by atoms with Gasteiger partial charge in [-0.05, 0) is 43.1 Å². The topological polar surface area (TPSA) is 48.1 Å². The van der Waals surface area contributed by atoms with Crippen molar-refractivity contribution in [1.29, 1.82) is 0 Å². The first-order valence-electron chi connectivity index (χ1n) is 7.47. The number of hydrogen-bond donors (Lipinski definition) is 1. The van der Waals surface area contributed by atoms with Gasteiger partial charge in [-0.2, -0.15) is 0 Å². The second-order valence-electron chi connectivity index (χ2n) is 5.71.